The van der Waals surface area contributed by atoms with Gasteiger partial charge in [-0.2, -0.15) is 5.10 Å². The summed E-state index contributed by atoms with van der Waals surface area (Å²) in [7, 11) is 1.36. The largest absolute Gasteiger partial charge is 0.508 e. The van der Waals surface area contributed by atoms with Gasteiger partial charge in [0.1, 0.15) is 5.75 Å². The number of aromatic hydroxyl groups is 1. The maximum absolute atomic E-state index is 11.4. The van der Waals surface area contributed by atoms with Crippen molar-refractivity contribution in [2.45, 2.75) is 12.8 Å². The summed E-state index contributed by atoms with van der Waals surface area (Å²) in [5.74, 6) is 0.0341. The van der Waals surface area contributed by atoms with E-state index in [1.807, 2.05) is 42.5 Å². The number of nitrogens with zero attached hydrogens (tertiary/aromatic N) is 1. The summed E-state index contributed by atoms with van der Waals surface area (Å²) in [6.45, 7) is 2.06. The Kier molecular flexibility index (Phi) is 6.07. The van der Waals surface area contributed by atoms with Gasteiger partial charge in [0.05, 0.1) is 24.6 Å². The zero-order valence-electron chi connectivity index (χ0n) is 15.8. The van der Waals surface area contributed by atoms with E-state index >= 15 is 0 Å². The highest BCUT2D eigenvalue weighted by Gasteiger charge is 2.11. The summed E-state index contributed by atoms with van der Waals surface area (Å²) in [6, 6.07) is 22.3. The highest BCUT2D eigenvalue weighted by atomic mass is 16.5. The number of carbonyl (C=O) groups excluding carboxylic acids is 1. The zero-order valence-corrected chi connectivity index (χ0v) is 15.8. The minimum atomic E-state index is -0.361. The first-order valence-corrected chi connectivity index (χ1v) is 8.94. The number of benzene rings is 3. The average Bonchev–Trinajstić information content (AvgIpc) is 2.74. The lowest BCUT2D eigenvalue weighted by Crippen LogP contribution is -2.00. The number of methoxy groups -OCH3 is 1. The minimum Gasteiger partial charge on any atom is -0.508 e. The third kappa shape index (κ3) is 4.57. The highest BCUT2D eigenvalue weighted by molar-refractivity contribution is 5.90. The molecule has 28 heavy (non-hydrogen) atoms. The number of carbonyl (C=O) groups is 1. The van der Waals surface area contributed by atoms with Crippen LogP contribution in [0.15, 0.2) is 77.9 Å². The maximum Gasteiger partial charge on any atom is 0.337 e. The van der Waals surface area contributed by atoms with E-state index in [4.69, 9.17) is 0 Å². The first-order chi connectivity index (χ1) is 13.6. The SMILES string of the molecule is COC(=O)c1ccc(/C=N/Nc2ccc([C@@H](C)c3ccccc3O)cc2)cc1. The number of hydrogen-bond acceptors (Lipinski definition) is 5. The van der Waals surface area contributed by atoms with Gasteiger partial charge in [-0.3, -0.25) is 5.43 Å². The molecule has 0 radical (unpaired) electrons. The number of ether oxygens (including phenoxy) is 1. The van der Waals surface area contributed by atoms with Gasteiger partial charge in [0, 0.05) is 11.5 Å². The van der Waals surface area contributed by atoms with Gasteiger partial charge in [0.2, 0.25) is 0 Å². The molecule has 0 amide bonds. The Morgan fingerprint density at radius 1 is 1.04 bits per heavy atom. The Hall–Kier alpha value is -3.60. The van der Waals surface area contributed by atoms with Gasteiger partial charge in [-0.1, -0.05) is 49.4 Å². The van der Waals surface area contributed by atoms with Crippen molar-refractivity contribution in [2.75, 3.05) is 12.5 Å². The fourth-order valence-electron chi connectivity index (χ4n) is 2.88. The fraction of sp³-hybridized carbons (Fsp3) is 0.130. The topological polar surface area (TPSA) is 70.9 Å². The Morgan fingerprint density at radius 2 is 1.71 bits per heavy atom. The molecule has 2 N–H and O–H groups in total. The van der Waals surface area contributed by atoms with Crippen molar-refractivity contribution in [2.24, 2.45) is 5.10 Å². The van der Waals surface area contributed by atoms with Gasteiger partial charge in [-0.15, -0.1) is 0 Å². The van der Waals surface area contributed by atoms with Gasteiger partial charge in [-0.25, -0.2) is 4.79 Å². The molecule has 0 heterocycles. The van der Waals surface area contributed by atoms with Gasteiger partial charge in [-0.05, 0) is 41.5 Å². The first kappa shape index (κ1) is 19.2. The van der Waals surface area contributed by atoms with Crippen LogP contribution in [0.2, 0.25) is 0 Å². The molecule has 0 fully saturated rings. The molecule has 0 aliphatic heterocycles. The van der Waals surface area contributed by atoms with Crippen LogP contribution in [0.3, 0.4) is 0 Å². The van der Waals surface area contributed by atoms with Crippen LogP contribution in [0, 0.1) is 0 Å². The lowest BCUT2D eigenvalue weighted by Gasteiger charge is -2.14. The minimum absolute atomic E-state index is 0.0899. The van der Waals surface area contributed by atoms with Crippen LogP contribution < -0.4 is 5.43 Å². The quantitative estimate of drug-likeness (QED) is 0.370. The van der Waals surface area contributed by atoms with Crippen molar-refractivity contribution >= 4 is 17.9 Å². The Balaban J connectivity index is 1.62. The third-order valence-electron chi connectivity index (χ3n) is 4.55. The fourth-order valence-corrected chi connectivity index (χ4v) is 2.88. The van der Waals surface area contributed by atoms with Crippen molar-refractivity contribution in [1.82, 2.24) is 0 Å². The van der Waals surface area contributed by atoms with Crippen LogP contribution in [0.1, 0.15) is 39.9 Å². The molecule has 0 saturated heterocycles. The molecule has 0 aromatic heterocycles. The molecule has 3 aromatic carbocycles. The first-order valence-electron chi connectivity index (χ1n) is 8.94. The predicted octanol–water partition coefficient (Wildman–Crippen LogP) is 4.78. The van der Waals surface area contributed by atoms with Crippen LogP contribution in [0.25, 0.3) is 0 Å². The summed E-state index contributed by atoms with van der Waals surface area (Å²) in [4.78, 5) is 11.4. The van der Waals surface area contributed by atoms with Crippen LogP contribution in [0.4, 0.5) is 5.69 Å². The van der Waals surface area contributed by atoms with Crippen molar-refractivity contribution in [1.29, 1.82) is 0 Å². The molecule has 1 atom stereocenters. The second-order valence-electron chi connectivity index (χ2n) is 6.39. The third-order valence-corrected chi connectivity index (χ3v) is 4.55. The standard InChI is InChI=1S/C23H22N2O3/c1-16(21-5-3-4-6-22(21)26)18-11-13-20(14-12-18)25-24-15-17-7-9-19(10-8-17)23(27)28-2/h3-16,25-26H,1-2H3/b24-15+/t16-/m1/s1. The summed E-state index contributed by atoms with van der Waals surface area (Å²) >= 11 is 0. The number of hydrazone groups is 1. The van der Waals surface area contributed by atoms with E-state index in [9.17, 15) is 9.90 Å². The van der Waals surface area contributed by atoms with Gasteiger partial charge in [0.15, 0.2) is 0 Å². The van der Waals surface area contributed by atoms with E-state index in [0.29, 0.717) is 11.3 Å². The van der Waals surface area contributed by atoms with Crippen molar-refractivity contribution in [3.63, 3.8) is 0 Å². The molecule has 0 saturated carbocycles. The van der Waals surface area contributed by atoms with E-state index in [-0.39, 0.29) is 11.9 Å². The molecule has 0 aliphatic carbocycles. The molecule has 3 aromatic rings. The monoisotopic (exact) mass is 374 g/mol. The summed E-state index contributed by atoms with van der Waals surface area (Å²) in [5.41, 5.74) is 7.22. The molecule has 5 nitrogen and oxygen atoms in total. The number of anilines is 1. The molecule has 3 rings (SSSR count). The van der Waals surface area contributed by atoms with Gasteiger partial charge >= 0.3 is 5.97 Å². The predicted molar refractivity (Wildman–Crippen MR) is 111 cm³/mol. The summed E-state index contributed by atoms with van der Waals surface area (Å²) < 4.78 is 4.68. The Bertz CT molecular complexity index is 964. The van der Waals surface area contributed by atoms with Crippen molar-refractivity contribution < 1.29 is 14.6 Å². The van der Waals surface area contributed by atoms with Gasteiger partial charge < -0.3 is 9.84 Å². The molecule has 0 aliphatic rings. The van der Waals surface area contributed by atoms with Crippen LogP contribution in [0.5, 0.6) is 5.75 Å². The van der Waals surface area contributed by atoms with Crippen molar-refractivity contribution in [3.8, 4) is 5.75 Å². The van der Waals surface area contributed by atoms with E-state index in [1.165, 1.54) is 7.11 Å². The molecule has 0 spiro atoms. The van der Waals surface area contributed by atoms with E-state index in [0.717, 1.165) is 22.4 Å². The molecule has 0 unspecified atom stereocenters. The number of esters is 1. The Labute approximate surface area is 164 Å². The van der Waals surface area contributed by atoms with Crippen LogP contribution in [-0.4, -0.2) is 24.4 Å². The zero-order chi connectivity index (χ0) is 19.9. The molecule has 0 bridgehead atoms. The van der Waals surface area contributed by atoms with E-state index in [2.05, 4.69) is 22.2 Å². The maximum atomic E-state index is 11.4. The number of phenolic OH excluding ortho intramolecular Hbond substituents is 1. The smallest absolute Gasteiger partial charge is 0.337 e. The normalized spacial score (nSPS) is 11.9. The molecule has 5 heteroatoms. The second kappa shape index (κ2) is 8.86. The number of hydrogen-bond donors (Lipinski definition) is 2. The second-order valence-corrected chi connectivity index (χ2v) is 6.39. The lowest BCUT2D eigenvalue weighted by atomic mass is 9.92. The summed E-state index contributed by atoms with van der Waals surface area (Å²) in [5, 5.41) is 14.2. The number of rotatable bonds is 6. The van der Waals surface area contributed by atoms with Crippen LogP contribution in [-0.2, 0) is 4.74 Å². The van der Waals surface area contributed by atoms with E-state index in [1.54, 1.807) is 36.5 Å². The van der Waals surface area contributed by atoms with Crippen molar-refractivity contribution in [3.05, 3.63) is 95.1 Å². The average molecular weight is 374 g/mol. The van der Waals surface area contributed by atoms with E-state index < -0.39 is 0 Å². The molecular weight excluding hydrogens is 352 g/mol. The number of phenols is 1. The number of nitrogens with one attached hydrogen (secondary N) is 1. The van der Waals surface area contributed by atoms with Crippen LogP contribution >= 0.6 is 0 Å². The number of para-hydroxylation sites is 1. The highest BCUT2D eigenvalue weighted by Crippen LogP contribution is 2.31. The Morgan fingerprint density at radius 3 is 2.36 bits per heavy atom. The molecule has 142 valence electrons. The summed E-state index contributed by atoms with van der Waals surface area (Å²) in [6.07, 6.45) is 1.68. The van der Waals surface area contributed by atoms with Gasteiger partial charge in [0.25, 0.3) is 0 Å². The molecular formula is C23H22N2O3. The lowest BCUT2D eigenvalue weighted by molar-refractivity contribution is 0.0600.